The first-order chi connectivity index (χ1) is 12.3. The first kappa shape index (κ1) is 15.8. The third kappa shape index (κ3) is 2.88. The van der Waals surface area contributed by atoms with E-state index in [1.54, 1.807) is 6.26 Å². The maximum atomic E-state index is 12.7. The minimum absolute atomic E-state index is 0.274. The van der Waals surface area contributed by atoms with Crippen LogP contribution in [0.4, 0.5) is 0 Å². The lowest BCUT2D eigenvalue weighted by atomic mass is 9.82. The topological polar surface area (TPSA) is 48.4 Å². The van der Waals surface area contributed by atoms with Crippen molar-refractivity contribution in [3.05, 3.63) is 83.5 Å². The van der Waals surface area contributed by atoms with Gasteiger partial charge in [0.1, 0.15) is 17.8 Å². The Kier molecular flexibility index (Phi) is 4.18. The van der Waals surface area contributed by atoms with Crippen molar-refractivity contribution < 1.29 is 14.2 Å². The number of benzene rings is 1. The molecule has 2 heterocycles. The fraction of sp³-hybridized carbons (Fsp3) is 0.286. The molecule has 0 bridgehead atoms. The highest BCUT2D eigenvalue weighted by atomic mass is 16.9. The second kappa shape index (κ2) is 6.63. The van der Waals surface area contributed by atoms with Crippen LogP contribution >= 0.6 is 0 Å². The molecule has 1 aromatic carbocycles. The molecule has 0 unspecified atom stereocenters. The molecule has 0 radical (unpaired) electrons. The van der Waals surface area contributed by atoms with Crippen molar-refractivity contribution in [3.63, 3.8) is 0 Å². The zero-order valence-corrected chi connectivity index (χ0v) is 14.1. The number of hydrogen-bond acceptors (Lipinski definition) is 3. The number of allylic oxidation sites excluding steroid dienone is 2. The Hall–Kier alpha value is -2.75. The molecule has 2 atom stereocenters. The van der Waals surface area contributed by atoms with Crippen LogP contribution in [0.15, 0.2) is 71.4 Å². The van der Waals surface area contributed by atoms with Gasteiger partial charge in [-0.05, 0) is 49.0 Å². The van der Waals surface area contributed by atoms with Gasteiger partial charge in [-0.2, -0.15) is 0 Å². The van der Waals surface area contributed by atoms with Crippen LogP contribution in [-0.4, -0.2) is 16.7 Å². The van der Waals surface area contributed by atoms with Crippen LogP contribution in [0.3, 0.4) is 0 Å². The first-order valence-electron chi connectivity index (χ1n) is 8.73. The minimum atomic E-state index is -0.469. The summed E-state index contributed by atoms with van der Waals surface area (Å²) in [5, 5.41) is 12.7. The molecule has 0 spiro atoms. The quantitative estimate of drug-likeness (QED) is 0.751. The SMILES string of the molecule is C=C(c1ccccc1)[C@@H]1O[N+]([O-])=C(C2=CCCCC2)[C@H]1c1ccco1. The minimum Gasteiger partial charge on any atom is -0.468 e. The second-order valence-electron chi connectivity index (χ2n) is 6.53. The summed E-state index contributed by atoms with van der Waals surface area (Å²) in [6.07, 6.45) is 7.50. The summed E-state index contributed by atoms with van der Waals surface area (Å²) in [6, 6.07) is 13.6. The molecule has 0 saturated carbocycles. The molecular formula is C21H21NO3. The van der Waals surface area contributed by atoms with Crippen LogP contribution in [-0.2, 0) is 4.84 Å². The van der Waals surface area contributed by atoms with Crippen LogP contribution in [0.25, 0.3) is 5.57 Å². The van der Waals surface area contributed by atoms with Gasteiger partial charge in [0.05, 0.1) is 6.26 Å². The molecule has 4 rings (SSSR count). The average molecular weight is 335 g/mol. The van der Waals surface area contributed by atoms with Crippen LogP contribution < -0.4 is 0 Å². The molecule has 0 fully saturated rings. The number of rotatable bonds is 4. The standard InChI is InChI=1S/C21H21NO3/c1-15(16-9-4-2-5-10-16)21-19(18-13-8-14-24-18)20(22(23)25-21)17-11-6-3-7-12-17/h2,4-5,8-11,13-14,19,21H,1,3,6-7,12H2/t19-,21+/m1/s1. The summed E-state index contributed by atoms with van der Waals surface area (Å²) in [5.74, 6) is 0.464. The van der Waals surface area contributed by atoms with Crippen molar-refractivity contribution in [2.45, 2.75) is 37.7 Å². The van der Waals surface area contributed by atoms with Gasteiger partial charge in [-0.15, -0.1) is 0 Å². The molecule has 128 valence electrons. The van der Waals surface area contributed by atoms with Gasteiger partial charge in [0.15, 0.2) is 0 Å². The lowest BCUT2D eigenvalue weighted by Crippen LogP contribution is -2.24. The molecular weight excluding hydrogens is 314 g/mol. The fourth-order valence-electron chi connectivity index (χ4n) is 3.70. The largest absolute Gasteiger partial charge is 0.468 e. The molecule has 0 N–H and O–H groups in total. The van der Waals surface area contributed by atoms with E-state index in [0.717, 1.165) is 41.7 Å². The fourth-order valence-corrected chi connectivity index (χ4v) is 3.70. The lowest BCUT2D eigenvalue weighted by Gasteiger charge is -2.21. The van der Waals surface area contributed by atoms with Gasteiger partial charge >= 0.3 is 0 Å². The van der Waals surface area contributed by atoms with Gasteiger partial charge in [0.25, 0.3) is 5.71 Å². The molecule has 25 heavy (non-hydrogen) atoms. The molecule has 0 amide bonds. The Morgan fingerprint density at radius 3 is 2.64 bits per heavy atom. The summed E-state index contributed by atoms with van der Waals surface area (Å²) in [6.45, 7) is 4.22. The third-order valence-corrected chi connectivity index (χ3v) is 4.96. The summed E-state index contributed by atoms with van der Waals surface area (Å²) in [4.78, 5) is 6.40. The normalized spacial score (nSPS) is 23.3. The highest BCUT2D eigenvalue weighted by Gasteiger charge is 2.45. The number of hydrogen-bond donors (Lipinski definition) is 0. The molecule has 4 heteroatoms. The van der Waals surface area contributed by atoms with E-state index in [1.807, 2.05) is 42.5 Å². The Morgan fingerprint density at radius 1 is 1.12 bits per heavy atom. The number of furan rings is 1. The Bertz CT molecular complexity index is 818. The zero-order chi connectivity index (χ0) is 17.2. The van der Waals surface area contributed by atoms with Crippen molar-refractivity contribution >= 4 is 11.3 Å². The summed E-state index contributed by atoms with van der Waals surface area (Å²) < 4.78 is 5.67. The van der Waals surface area contributed by atoms with Crippen molar-refractivity contribution in [2.75, 3.05) is 0 Å². The Morgan fingerprint density at radius 2 is 1.96 bits per heavy atom. The van der Waals surface area contributed by atoms with Crippen molar-refractivity contribution in [3.8, 4) is 0 Å². The molecule has 4 nitrogen and oxygen atoms in total. The van der Waals surface area contributed by atoms with Crippen molar-refractivity contribution in [1.29, 1.82) is 0 Å². The average Bonchev–Trinajstić information content (AvgIpc) is 3.30. The maximum absolute atomic E-state index is 12.7. The van der Waals surface area contributed by atoms with Crippen LogP contribution in [0.2, 0.25) is 0 Å². The molecule has 1 aromatic heterocycles. The molecule has 1 aliphatic heterocycles. The maximum Gasteiger partial charge on any atom is 0.260 e. The summed E-state index contributed by atoms with van der Waals surface area (Å²) in [5.41, 5.74) is 3.49. The van der Waals surface area contributed by atoms with Crippen LogP contribution in [0.1, 0.15) is 42.9 Å². The van der Waals surface area contributed by atoms with Gasteiger partial charge in [-0.3, -0.25) is 5.21 Å². The van der Waals surface area contributed by atoms with Gasteiger partial charge in [-0.25, -0.2) is 0 Å². The van der Waals surface area contributed by atoms with Crippen LogP contribution in [0, 0.1) is 5.21 Å². The van der Waals surface area contributed by atoms with E-state index in [0.29, 0.717) is 10.6 Å². The van der Waals surface area contributed by atoms with Gasteiger partial charge in [-0.1, -0.05) is 43.0 Å². The predicted molar refractivity (Wildman–Crippen MR) is 97.0 cm³/mol. The van der Waals surface area contributed by atoms with Gasteiger partial charge < -0.3 is 9.25 Å². The summed E-state index contributed by atoms with van der Waals surface area (Å²) in [7, 11) is 0. The van der Waals surface area contributed by atoms with Crippen molar-refractivity contribution in [1.82, 2.24) is 0 Å². The molecule has 2 aliphatic rings. The van der Waals surface area contributed by atoms with Gasteiger partial charge in [0, 0.05) is 10.5 Å². The van der Waals surface area contributed by atoms with E-state index in [1.165, 1.54) is 6.42 Å². The smallest absolute Gasteiger partial charge is 0.260 e. The van der Waals surface area contributed by atoms with E-state index in [4.69, 9.17) is 9.25 Å². The Balaban J connectivity index is 1.74. The highest BCUT2D eigenvalue weighted by molar-refractivity contribution is 6.03. The van der Waals surface area contributed by atoms with E-state index in [2.05, 4.69) is 12.7 Å². The monoisotopic (exact) mass is 335 g/mol. The van der Waals surface area contributed by atoms with E-state index >= 15 is 0 Å². The highest BCUT2D eigenvalue weighted by Crippen LogP contribution is 2.40. The van der Waals surface area contributed by atoms with Crippen molar-refractivity contribution in [2.24, 2.45) is 0 Å². The first-order valence-corrected chi connectivity index (χ1v) is 8.73. The molecule has 2 aromatic rings. The number of nitrogens with zero attached hydrogens (tertiary/aromatic N) is 1. The van der Waals surface area contributed by atoms with E-state index < -0.39 is 6.10 Å². The second-order valence-corrected chi connectivity index (χ2v) is 6.53. The third-order valence-electron chi connectivity index (χ3n) is 4.96. The van der Waals surface area contributed by atoms with E-state index in [9.17, 15) is 5.21 Å². The van der Waals surface area contributed by atoms with Crippen LogP contribution in [0.5, 0.6) is 0 Å². The zero-order valence-electron chi connectivity index (χ0n) is 14.1. The lowest BCUT2D eigenvalue weighted by molar-refractivity contribution is -0.736. The Labute approximate surface area is 147 Å². The van der Waals surface area contributed by atoms with E-state index in [-0.39, 0.29) is 5.92 Å². The molecule has 1 aliphatic carbocycles. The van der Waals surface area contributed by atoms with Gasteiger partial charge in [0.2, 0.25) is 0 Å². The molecule has 0 saturated heterocycles. The predicted octanol–water partition coefficient (Wildman–Crippen LogP) is 4.84. The summed E-state index contributed by atoms with van der Waals surface area (Å²) >= 11 is 0.